The number of rotatable bonds is 5. The molecule has 4 nitrogen and oxygen atoms in total. The summed E-state index contributed by atoms with van der Waals surface area (Å²) >= 11 is 6.39. The third-order valence-electron chi connectivity index (χ3n) is 3.86. The van der Waals surface area contributed by atoms with Crippen molar-refractivity contribution >= 4 is 27.1 Å². The van der Waals surface area contributed by atoms with Gasteiger partial charge in [0, 0.05) is 19.1 Å². The molecular formula is C15H23ClN2O2S. The molecule has 1 aromatic carbocycles. The van der Waals surface area contributed by atoms with E-state index in [1.807, 2.05) is 12.1 Å². The maximum Gasteiger partial charge on any atom is 0.153 e. The van der Waals surface area contributed by atoms with E-state index in [0.29, 0.717) is 18.1 Å². The van der Waals surface area contributed by atoms with Gasteiger partial charge in [-0.15, -0.1) is 0 Å². The van der Waals surface area contributed by atoms with E-state index in [4.69, 9.17) is 11.6 Å². The summed E-state index contributed by atoms with van der Waals surface area (Å²) in [4.78, 5) is 2.05. The highest BCUT2D eigenvalue weighted by molar-refractivity contribution is 7.91. The second-order valence-corrected chi connectivity index (χ2v) is 8.24. The Bertz CT molecular complexity index is 575. The molecule has 118 valence electrons. The topological polar surface area (TPSA) is 49.4 Å². The zero-order chi connectivity index (χ0) is 15.5. The fourth-order valence-corrected chi connectivity index (χ4v) is 3.99. The maximum absolute atomic E-state index is 11.5. The van der Waals surface area contributed by atoms with Crippen LogP contribution in [0.25, 0.3) is 0 Å². The zero-order valence-corrected chi connectivity index (χ0v) is 14.2. The van der Waals surface area contributed by atoms with Crippen molar-refractivity contribution in [2.75, 3.05) is 36.0 Å². The largest absolute Gasteiger partial charge is 0.368 e. The number of hydrogen-bond donors (Lipinski definition) is 1. The SMILES string of the molecule is CCCNC(C)c1ccc(N2CCS(=O)(=O)CC2)c(Cl)c1. The van der Waals surface area contributed by atoms with Crippen LogP contribution in [0.1, 0.15) is 31.9 Å². The summed E-state index contributed by atoms with van der Waals surface area (Å²) in [5, 5.41) is 4.13. The molecule has 0 spiro atoms. The summed E-state index contributed by atoms with van der Waals surface area (Å²) in [6, 6.07) is 6.31. The average molecular weight is 331 g/mol. The van der Waals surface area contributed by atoms with Crippen LogP contribution >= 0.6 is 11.6 Å². The van der Waals surface area contributed by atoms with Gasteiger partial charge in [-0.3, -0.25) is 0 Å². The molecule has 1 saturated heterocycles. The van der Waals surface area contributed by atoms with Crippen molar-refractivity contribution in [2.45, 2.75) is 26.3 Å². The van der Waals surface area contributed by atoms with E-state index in [1.54, 1.807) is 0 Å². The molecule has 1 fully saturated rings. The Morgan fingerprint density at radius 3 is 2.57 bits per heavy atom. The van der Waals surface area contributed by atoms with Gasteiger partial charge in [0.25, 0.3) is 0 Å². The molecule has 0 aromatic heterocycles. The van der Waals surface area contributed by atoms with Crippen molar-refractivity contribution in [3.63, 3.8) is 0 Å². The van der Waals surface area contributed by atoms with Crippen molar-refractivity contribution < 1.29 is 8.42 Å². The highest BCUT2D eigenvalue weighted by Crippen LogP contribution is 2.30. The van der Waals surface area contributed by atoms with Crippen LogP contribution in [0.15, 0.2) is 18.2 Å². The van der Waals surface area contributed by atoms with E-state index in [1.165, 1.54) is 0 Å². The summed E-state index contributed by atoms with van der Waals surface area (Å²) in [6.07, 6.45) is 1.10. The Kier molecular flexibility index (Phi) is 5.52. The van der Waals surface area contributed by atoms with Gasteiger partial charge in [0.05, 0.1) is 22.2 Å². The van der Waals surface area contributed by atoms with E-state index in [2.05, 4.69) is 30.1 Å². The number of nitrogens with one attached hydrogen (secondary N) is 1. The Hall–Kier alpha value is -0.780. The van der Waals surface area contributed by atoms with Gasteiger partial charge >= 0.3 is 0 Å². The van der Waals surface area contributed by atoms with Crippen molar-refractivity contribution in [1.82, 2.24) is 5.32 Å². The van der Waals surface area contributed by atoms with Gasteiger partial charge in [0.1, 0.15) is 0 Å². The van der Waals surface area contributed by atoms with Crippen LogP contribution in [-0.2, 0) is 9.84 Å². The molecule has 1 aliphatic heterocycles. The number of sulfone groups is 1. The highest BCUT2D eigenvalue weighted by atomic mass is 35.5. The molecule has 0 amide bonds. The first-order chi connectivity index (χ1) is 9.93. The van der Waals surface area contributed by atoms with Gasteiger partial charge < -0.3 is 10.2 Å². The lowest BCUT2D eigenvalue weighted by Crippen LogP contribution is -2.40. The van der Waals surface area contributed by atoms with Crippen LogP contribution in [0, 0.1) is 0 Å². The molecule has 1 aliphatic rings. The maximum atomic E-state index is 11.5. The van der Waals surface area contributed by atoms with Gasteiger partial charge in [0.2, 0.25) is 0 Å². The first-order valence-corrected chi connectivity index (χ1v) is 9.61. The van der Waals surface area contributed by atoms with Crippen LogP contribution in [-0.4, -0.2) is 39.6 Å². The Balaban J connectivity index is 2.09. The summed E-state index contributed by atoms with van der Waals surface area (Å²) in [6.45, 7) is 6.27. The Morgan fingerprint density at radius 1 is 1.33 bits per heavy atom. The lowest BCUT2D eigenvalue weighted by atomic mass is 10.1. The normalized spacial score (nSPS) is 19.5. The van der Waals surface area contributed by atoms with Gasteiger partial charge in [-0.05, 0) is 37.6 Å². The fourth-order valence-electron chi connectivity index (χ4n) is 2.48. The molecule has 1 aromatic rings. The quantitative estimate of drug-likeness (QED) is 0.901. The average Bonchev–Trinajstić information content (AvgIpc) is 2.45. The van der Waals surface area contributed by atoms with E-state index < -0.39 is 9.84 Å². The van der Waals surface area contributed by atoms with Gasteiger partial charge in [-0.1, -0.05) is 24.6 Å². The molecule has 1 heterocycles. The molecule has 21 heavy (non-hydrogen) atoms. The number of benzene rings is 1. The first kappa shape index (κ1) is 16.6. The number of nitrogens with zero attached hydrogens (tertiary/aromatic N) is 1. The molecule has 6 heteroatoms. The lowest BCUT2D eigenvalue weighted by Gasteiger charge is -2.30. The smallest absolute Gasteiger partial charge is 0.153 e. The summed E-state index contributed by atoms with van der Waals surface area (Å²) < 4.78 is 23.0. The van der Waals surface area contributed by atoms with Crippen molar-refractivity contribution in [3.8, 4) is 0 Å². The standard InChI is InChI=1S/C15H23ClN2O2S/c1-3-6-17-12(2)13-4-5-15(14(16)11-13)18-7-9-21(19,20)10-8-18/h4-5,11-12,17H,3,6-10H2,1-2H3. The summed E-state index contributed by atoms with van der Waals surface area (Å²) in [5.41, 5.74) is 2.08. The second-order valence-electron chi connectivity index (χ2n) is 5.53. The monoisotopic (exact) mass is 330 g/mol. The van der Waals surface area contributed by atoms with Crippen molar-refractivity contribution in [1.29, 1.82) is 0 Å². The van der Waals surface area contributed by atoms with E-state index in [0.717, 1.165) is 24.2 Å². The summed E-state index contributed by atoms with van der Waals surface area (Å²) in [5.74, 6) is 0.416. The molecule has 2 rings (SSSR count). The molecular weight excluding hydrogens is 308 g/mol. The molecule has 1 unspecified atom stereocenters. The molecule has 0 radical (unpaired) electrons. The van der Waals surface area contributed by atoms with Crippen LogP contribution in [0.5, 0.6) is 0 Å². The van der Waals surface area contributed by atoms with Crippen molar-refractivity contribution in [3.05, 3.63) is 28.8 Å². The molecule has 0 aliphatic carbocycles. The minimum absolute atomic E-state index is 0.208. The van der Waals surface area contributed by atoms with E-state index in [9.17, 15) is 8.42 Å². The number of anilines is 1. The molecule has 1 atom stereocenters. The fraction of sp³-hybridized carbons (Fsp3) is 0.600. The molecule has 1 N–H and O–H groups in total. The molecule has 0 bridgehead atoms. The van der Waals surface area contributed by atoms with E-state index >= 15 is 0 Å². The van der Waals surface area contributed by atoms with Gasteiger partial charge in [-0.2, -0.15) is 0 Å². The first-order valence-electron chi connectivity index (χ1n) is 7.41. The second kappa shape index (κ2) is 6.99. The van der Waals surface area contributed by atoms with Crippen LogP contribution in [0.2, 0.25) is 5.02 Å². The minimum atomic E-state index is -2.86. The molecule has 0 saturated carbocycles. The predicted octanol–water partition coefficient (Wildman–Crippen LogP) is 2.64. The predicted molar refractivity (Wildman–Crippen MR) is 89.0 cm³/mol. The minimum Gasteiger partial charge on any atom is -0.368 e. The van der Waals surface area contributed by atoms with Crippen LogP contribution < -0.4 is 10.2 Å². The third kappa shape index (κ3) is 4.34. The van der Waals surface area contributed by atoms with Crippen LogP contribution in [0.3, 0.4) is 0 Å². The lowest BCUT2D eigenvalue weighted by molar-refractivity contribution is 0.570. The zero-order valence-electron chi connectivity index (χ0n) is 12.6. The number of hydrogen-bond acceptors (Lipinski definition) is 4. The van der Waals surface area contributed by atoms with Gasteiger partial charge in [0.15, 0.2) is 9.84 Å². The Labute approximate surface area is 132 Å². The third-order valence-corrected chi connectivity index (χ3v) is 5.77. The highest BCUT2D eigenvalue weighted by Gasteiger charge is 2.23. The van der Waals surface area contributed by atoms with Crippen molar-refractivity contribution in [2.24, 2.45) is 0 Å². The van der Waals surface area contributed by atoms with Crippen LogP contribution in [0.4, 0.5) is 5.69 Å². The Morgan fingerprint density at radius 2 is 2.00 bits per heavy atom. The van der Waals surface area contributed by atoms with Gasteiger partial charge in [-0.25, -0.2) is 8.42 Å². The summed E-state index contributed by atoms with van der Waals surface area (Å²) in [7, 11) is -2.86. The van der Waals surface area contributed by atoms with E-state index in [-0.39, 0.29) is 17.5 Å². The number of halogens is 1.